The summed E-state index contributed by atoms with van der Waals surface area (Å²) in [5.41, 5.74) is 0. The number of benzene rings is 1. The highest BCUT2D eigenvalue weighted by Gasteiger charge is 2.31. The fraction of sp³-hybridized carbons (Fsp3) is 0.571. The molecule has 2 rings (SSSR count). The molecule has 0 aromatic heterocycles. The molecule has 1 aliphatic rings. The first-order chi connectivity index (χ1) is 9.70. The first kappa shape index (κ1) is 16.8. The third-order valence-corrected chi connectivity index (χ3v) is 6.42. The van der Waals surface area contributed by atoms with E-state index in [-0.39, 0.29) is 16.4 Å². The molecule has 3 nitrogen and oxygen atoms in total. The maximum atomic E-state index is 13.8. The van der Waals surface area contributed by atoms with E-state index in [1.54, 1.807) is 0 Å². The highest BCUT2D eigenvalue weighted by Crippen LogP contribution is 2.31. The zero-order chi connectivity index (χ0) is 15.8. The lowest BCUT2D eigenvalue weighted by atomic mass is 9.80. The smallest absolute Gasteiger partial charge is 0.208 e. The number of hydrogen-bond donors (Lipinski definition) is 1. The number of rotatable bonds is 3. The molecule has 0 bridgehead atoms. The minimum Gasteiger partial charge on any atom is -0.208 e. The van der Waals surface area contributed by atoms with Crippen molar-refractivity contribution in [1.82, 2.24) is 4.72 Å². The van der Waals surface area contributed by atoms with Crippen LogP contribution in [0.5, 0.6) is 0 Å². The van der Waals surface area contributed by atoms with Crippen molar-refractivity contribution in [3.63, 3.8) is 0 Å². The second kappa shape index (κ2) is 6.30. The summed E-state index contributed by atoms with van der Waals surface area (Å²) in [7, 11) is -4.03. The molecule has 118 valence electrons. The van der Waals surface area contributed by atoms with Crippen LogP contribution in [0.3, 0.4) is 0 Å². The average molecular weight is 382 g/mol. The molecule has 1 aromatic rings. The quantitative estimate of drug-likeness (QED) is 0.864. The summed E-state index contributed by atoms with van der Waals surface area (Å²) in [5.74, 6) is -1.16. The van der Waals surface area contributed by atoms with E-state index >= 15 is 0 Å². The van der Waals surface area contributed by atoms with E-state index < -0.39 is 26.6 Å². The molecule has 0 amide bonds. The standard InChI is InChI=1S/C14H18BrF2NO2S/c1-8-3-4-13(9(2)5-8)18-21(19,20)14-11(15)6-10(16)7-12(14)17/h6-9,13,18H,3-5H2,1-2H3. The van der Waals surface area contributed by atoms with Gasteiger partial charge in [-0.2, -0.15) is 0 Å². The number of nitrogens with one attached hydrogen (secondary N) is 1. The van der Waals surface area contributed by atoms with Gasteiger partial charge in [0.1, 0.15) is 16.5 Å². The van der Waals surface area contributed by atoms with Crippen molar-refractivity contribution in [2.75, 3.05) is 0 Å². The van der Waals surface area contributed by atoms with Crippen LogP contribution in [0, 0.1) is 23.5 Å². The molecule has 0 spiro atoms. The topological polar surface area (TPSA) is 46.2 Å². The molecule has 1 N–H and O–H groups in total. The van der Waals surface area contributed by atoms with Crippen LogP contribution in [0.25, 0.3) is 0 Å². The second-order valence-corrected chi connectivity index (χ2v) is 8.33. The average Bonchev–Trinajstić information content (AvgIpc) is 2.30. The Labute approximate surface area is 132 Å². The van der Waals surface area contributed by atoms with Gasteiger partial charge in [0.15, 0.2) is 0 Å². The van der Waals surface area contributed by atoms with Crippen LogP contribution in [0.15, 0.2) is 21.5 Å². The van der Waals surface area contributed by atoms with Crippen molar-refractivity contribution < 1.29 is 17.2 Å². The van der Waals surface area contributed by atoms with Gasteiger partial charge in [0.2, 0.25) is 10.0 Å². The second-order valence-electron chi connectivity index (χ2n) is 5.82. The third kappa shape index (κ3) is 3.81. The lowest BCUT2D eigenvalue weighted by Crippen LogP contribution is -2.42. The Hall–Kier alpha value is -0.530. The summed E-state index contributed by atoms with van der Waals surface area (Å²) in [6.07, 6.45) is 2.59. The molecule has 21 heavy (non-hydrogen) atoms. The molecule has 0 saturated heterocycles. The third-order valence-electron chi connectivity index (χ3n) is 3.97. The van der Waals surface area contributed by atoms with Gasteiger partial charge in [0.05, 0.1) is 0 Å². The van der Waals surface area contributed by atoms with Crippen LogP contribution in [0.2, 0.25) is 0 Å². The summed E-state index contributed by atoms with van der Waals surface area (Å²) in [4.78, 5) is -0.533. The zero-order valence-electron chi connectivity index (χ0n) is 11.9. The summed E-state index contributed by atoms with van der Waals surface area (Å²) < 4.78 is 54.1. The number of hydrogen-bond acceptors (Lipinski definition) is 2. The van der Waals surface area contributed by atoms with Gasteiger partial charge in [-0.25, -0.2) is 21.9 Å². The molecule has 0 heterocycles. The minimum absolute atomic E-state index is 0.107. The highest BCUT2D eigenvalue weighted by atomic mass is 79.9. The van der Waals surface area contributed by atoms with E-state index in [2.05, 4.69) is 27.6 Å². The Morgan fingerprint density at radius 2 is 1.90 bits per heavy atom. The van der Waals surface area contributed by atoms with Crippen LogP contribution in [0.1, 0.15) is 33.1 Å². The summed E-state index contributed by atoms with van der Waals surface area (Å²) >= 11 is 2.92. The van der Waals surface area contributed by atoms with Crippen molar-refractivity contribution in [3.05, 3.63) is 28.2 Å². The van der Waals surface area contributed by atoms with E-state index in [1.165, 1.54) is 0 Å². The van der Waals surface area contributed by atoms with Gasteiger partial charge in [0.25, 0.3) is 0 Å². The van der Waals surface area contributed by atoms with Crippen molar-refractivity contribution in [2.45, 2.75) is 44.0 Å². The van der Waals surface area contributed by atoms with Crippen molar-refractivity contribution in [2.24, 2.45) is 11.8 Å². The molecule has 1 aliphatic carbocycles. The predicted octanol–water partition coefficient (Wildman–Crippen LogP) is 3.83. The molecular formula is C14H18BrF2NO2S. The van der Waals surface area contributed by atoms with Gasteiger partial charge in [-0.1, -0.05) is 13.8 Å². The maximum Gasteiger partial charge on any atom is 0.244 e. The molecule has 0 aliphatic heterocycles. The van der Waals surface area contributed by atoms with Gasteiger partial charge >= 0.3 is 0 Å². The lowest BCUT2D eigenvalue weighted by molar-refractivity contribution is 0.249. The molecule has 1 saturated carbocycles. The normalized spacial score (nSPS) is 26.8. The Morgan fingerprint density at radius 1 is 1.24 bits per heavy atom. The monoisotopic (exact) mass is 381 g/mol. The fourth-order valence-corrected chi connectivity index (χ4v) is 5.43. The molecular weight excluding hydrogens is 364 g/mol. The van der Waals surface area contributed by atoms with E-state index in [9.17, 15) is 17.2 Å². The summed E-state index contributed by atoms with van der Waals surface area (Å²) in [6.45, 7) is 4.12. The summed E-state index contributed by atoms with van der Waals surface area (Å²) in [5, 5.41) is 0. The molecule has 1 aromatic carbocycles. The summed E-state index contributed by atoms with van der Waals surface area (Å²) in [6, 6.07) is 1.30. The minimum atomic E-state index is -4.03. The Balaban J connectivity index is 2.27. The van der Waals surface area contributed by atoms with Crippen LogP contribution in [0.4, 0.5) is 8.78 Å². The van der Waals surface area contributed by atoms with Gasteiger partial charge in [-0.3, -0.25) is 0 Å². The van der Waals surface area contributed by atoms with E-state index in [4.69, 9.17) is 0 Å². The van der Waals surface area contributed by atoms with Gasteiger partial charge in [-0.15, -0.1) is 0 Å². The van der Waals surface area contributed by atoms with Gasteiger partial charge < -0.3 is 0 Å². The van der Waals surface area contributed by atoms with E-state index in [0.717, 1.165) is 25.3 Å². The van der Waals surface area contributed by atoms with Crippen molar-refractivity contribution in [3.8, 4) is 0 Å². The van der Waals surface area contributed by atoms with Crippen LogP contribution < -0.4 is 4.72 Å². The Morgan fingerprint density at radius 3 is 2.48 bits per heavy atom. The Kier molecular flexibility index (Phi) is 5.05. The van der Waals surface area contributed by atoms with Gasteiger partial charge in [-0.05, 0) is 53.1 Å². The highest BCUT2D eigenvalue weighted by molar-refractivity contribution is 9.10. The maximum absolute atomic E-state index is 13.8. The number of sulfonamides is 1. The van der Waals surface area contributed by atoms with E-state index in [1.807, 2.05) is 6.92 Å². The van der Waals surface area contributed by atoms with Crippen molar-refractivity contribution in [1.29, 1.82) is 0 Å². The van der Waals surface area contributed by atoms with E-state index in [0.29, 0.717) is 12.0 Å². The van der Waals surface area contributed by atoms with Crippen molar-refractivity contribution >= 4 is 26.0 Å². The molecule has 3 unspecified atom stereocenters. The number of halogens is 3. The molecule has 1 fully saturated rings. The fourth-order valence-electron chi connectivity index (χ4n) is 2.88. The van der Waals surface area contributed by atoms with Crippen LogP contribution in [-0.4, -0.2) is 14.5 Å². The van der Waals surface area contributed by atoms with Crippen LogP contribution in [-0.2, 0) is 10.0 Å². The predicted molar refractivity (Wildman–Crippen MR) is 80.3 cm³/mol. The first-order valence-corrected chi connectivity index (χ1v) is 9.15. The zero-order valence-corrected chi connectivity index (χ0v) is 14.3. The largest absolute Gasteiger partial charge is 0.244 e. The van der Waals surface area contributed by atoms with Gasteiger partial charge in [0, 0.05) is 16.6 Å². The Bertz CT molecular complexity index is 613. The first-order valence-electron chi connectivity index (χ1n) is 6.87. The lowest BCUT2D eigenvalue weighted by Gasteiger charge is -2.33. The van der Waals surface area contributed by atoms with Crippen LogP contribution >= 0.6 is 15.9 Å². The molecule has 3 atom stereocenters. The SMILES string of the molecule is CC1CCC(NS(=O)(=O)c2c(F)cc(F)cc2Br)C(C)C1. The molecule has 0 radical (unpaired) electrons. The molecule has 7 heteroatoms.